The SMILES string of the molecule is CCCNC(=O)[C@H](C)N(Cc1ccc(F)cc1)C(=O)CN(c1ccc(OC)cc1)S(=O)(=O)c1ccc(C)c([N+](=O)[O-])c1. The summed E-state index contributed by atoms with van der Waals surface area (Å²) in [5.74, 6) is -1.21. The Labute approximate surface area is 244 Å². The third kappa shape index (κ3) is 7.60. The van der Waals surface area contributed by atoms with E-state index < -0.39 is 50.9 Å². The molecule has 0 radical (unpaired) electrons. The van der Waals surface area contributed by atoms with Crippen LogP contribution in [0.2, 0.25) is 0 Å². The van der Waals surface area contributed by atoms with E-state index in [2.05, 4.69) is 5.32 Å². The predicted molar refractivity (Wildman–Crippen MR) is 155 cm³/mol. The Morgan fingerprint density at radius 2 is 1.71 bits per heavy atom. The number of carbonyl (C=O) groups excluding carboxylic acids is 2. The van der Waals surface area contributed by atoms with Crippen molar-refractivity contribution in [1.82, 2.24) is 10.2 Å². The molecule has 0 aliphatic carbocycles. The smallest absolute Gasteiger partial charge is 0.273 e. The fourth-order valence-corrected chi connectivity index (χ4v) is 5.55. The van der Waals surface area contributed by atoms with Gasteiger partial charge in [0.05, 0.1) is 22.6 Å². The fraction of sp³-hybridized carbons (Fsp3) is 0.310. The number of benzene rings is 3. The van der Waals surface area contributed by atoms with Crippen molar-refractivity contribution in [3.63, 3.8) is 0 Å². The number of ether oxygens (including phenoxy) is 1. The predicted octanol–water partition coefficient (Wildman–Crippen LogP) is 4.19. The number of carbonyl (C=O) groups is 2. The van der Waals surface area contributed by atoms with E-state index in [1.165, 1.54) is 86.5 Å². The molecule has 0 saturated heterocycles. The number of aryl methyl sites for hydroxylation is 1. The van der Waals surface area contributed by atoms with Gasteiger partial charge in [0.25, 0.3) is 15.7 Å². The second-order valence-corrected chi connectivity index (χ2v) is 11.4. The highest BCUT2D eigenvalue weighted by atomic mass is 32.2. The number of nitro groups is 1. The van der Waals surface area contributed by atoms with Crippen LogP contribution in [0.4, 0.5) is 15.8 Å². The molecule has 3 aromatic carbocycles. The van der Waals surface area contributed by atoms with Gasteiger partial charge in [-0.3, -0.25) is 24.0 Å². The fourth-order valence-electron chi connectivity index (χ4n) is 4.12. The van der Waals surface area contributed by atoms with Crippen molar-refractivity contribution in [2.24, 2.45) is 0 Å². The maximum Gasteiger partial charge on any atom is 0.273 e. The van der Waals surface area contributed by atoms with Crippen LogP contribution in [-0.4, -0.2) is 56.3 Å². The maximum absolute atomic E-state index is 14.0. The molecule has 224 valence electrons. The molecule has 0 spiro atoms. The summed E-state index contributed by atoms with van der Waals surface area (Å²) in [6.07, 6.45) is 0.663. The topological polar surface area (TPSA) is 139 Å². The average Bonchev–Trinajstić information content (AvgIpc) is 2.97. The number of hydrogen-bond donors (Lipinski definition) is 1. The summed E-state index contributed by atoms with van der Waals surface area (Å²) in [5, 5.41) is 14.3. The summed E-state index contributed by atoms with van der Waals surface area (Å²) in [5.41, 5.74) is 0.491. The molecule has 0 unspecified atom stereocenters. The van der Waals surface area contributed by atoms with Crippen LogP contribution in [0.25, 0.3) is 0 Å². The van der Waals surface area contributed by atoms with E-state index in [1.54, 1.807) is 0 Å². The number of sulfonamides is 1. The monoisotopic (exact) mass is 600 g/mol. The van der Waals surface area contributed by atoms with Crippen LogP contribution in [0.15, 0.2) is 71.6 Å². The zero-order chi connectivity index (χ0) is 31.0. The molecule has 0 heterocycles. The molecule has 2 amide bonds. The van der Waals surface area contributed by atoms with E-state index in [-0.39, 0.29) is 22.7 Å². The highest BCUT2D eigenvalue weighted by Crippen LogP contribution is 2.29. The first kappa shape index (κ1) is 32.0. The molecule has 0 fully saturated rings. The van der Waals surface area contributed by atoms with Crippen molar-refractivity contribution in [3.8, 4) is 5.75 Å². The highest BCUT2D eigenvalue weighted by molar-refractivity contribution is 7.92. The van der Waals surface area contributed by atoms with Crippen LogP contribution in [0.3, 0.4) is 0 Å². The first-order chi connectivity index (χ1) is 19.9. The second-order valence-electron chi connectivity index (χ2n) is 9.53. The second kappa shape index (κ2) is 13.9. The van der Waals surface area contributed by atoms with Crippen molar-refractivity contribution in [2.75, 3.05) is 24.5 Å². The molecule has 3 aromatic rings. The minimum Gasteiger partial charge on any atom is -0.497 e. The van der Waals surface area contributed by atoms with Gasteiger partial charge in [0, 0.05) is 24.7 Å². The molecule has 13 heteroatoms. The number of nitrogens with one attached hydrogen (secondary N) is 1. The molecule has 0 aliphatic heterocycles. The number of nitro benzene ring substituents is 1. The minimum atomic E-state index is -4.52. The summed E-state index contributed by atoms with van der Waals surface area (Å²) in [6.45, 7) is 4.41. The lowest BCUT2D eigenvalue weighted by atomic mass is 10.1. The van der Waals surface area contributed by atoms with Crippen LogP contribution >= 0.6 is 0 Å². The van der Waals surface area contributed by atoms with E-state index in [4.69, 9.17) is 4.74 Å². The highest BCUT2D eigenvalue weighted by Gasteiger charge is 2.33. The first-order valence-electron chi connectivity index (χ1n) is 13.1. The van der Waals surface area contributed by atoms with E-state index in [0.29, 0.717) is 24.3 Å². The van der Waals surface area contributed by atoms with Gasteiger partial charge in [0.2, 0.25) is 11.8 Å². The number of rotatable bonds is 13. The minimum absolute atomic E-state index is 0.0946. The molecule has 0 saturated carbocycles. The van der Waals surface area contributed by atoms with Gasteiger partial charge in [-0.25, -0.2) is 12.8 Å². The number of nitrogens with zero attached hydrogens (tertiary/aromatic N) is 3. The Hall–Kier alpha value is -4.52. The van der Waals surface area contributed by atoms with Crippen molar-refractivity contribution in [1.29, 1.82) is 0 Å². The summed E-state index contributed by atoms with van der Waals surface area (Å²) in [7, 11) is -3.08. The van der Waals surface area contributed by atoms with Gasteiger partial charge in [-0.1, -0.05) is 25.1 Å². The molecule has 0 aliphatic rings. The molecular weight excluding hydrogens is 567 g/mol. The lowest BCUT2D eigenvalue weighted by Crippen LogP contribution is -2.51. The molecular formula is C29H33FN4O7S. The van der Waals surface area contributed by atoms with Crippen LogP contribution < -0.4 is 14.4 Å². The lowest BCUT2D eigenvalue weighted by Gasteiger charge is -2.32. The number of anilines is 1. The standard InChI is InChI=1S/C29H33FN4O7S/c1-5-16-31-29(36)21(3)32(18-22-7-9-23(30)10-8-22)28(35)19-33(24-11-13-25(41-4)14-12-24)42(39,40)26-15-6-20(2)27(17-26)34(37)38/h6-15,17,21H,5,16,18-19H2,1-4H3,(H,31,36)/t21-/m0/s1. The number of methoxy groups -OCH3 is 1. The number of amides is 2. The number of halogens is 1. The van der Waals surface area contributed by atoms with Gasteiger partial charge in [-0.05, 0) is 68.3 Å². The summed E-state index contributed by atoms with van der Waals surface area (Å²) < 4.78 is 47.5. The van der Waals surface area contributed by atoms with Gasteiger partial charge in [0.15, 0.2) is 0 Å². The molecule has 42 heavy (non-hydrogen) atoms. The molecule has 0 aromatic heterocycles. The summed E-state index contributed by atoms with van der Waals surface area (Å²) >= 11 is 0. The number of hydrogen-bond acceptors (Lipinski definition) is 7. The zero-order valence-electron chi connectivity index (χ0n) is 23.7. The Kier molecular flexibility index (Phi) is 10.6. The largest absolute Gasteiger partial charge is 0.497 e. The molecule has 1 atom stereocenters. The van der Waals surface area contributed by atoms with Crippen LogP contribution in [-0.2, 0) is 26.2 Å². The molecule has 3 rings (SSSR count). The van der Waals surface area contributed by atoms with E-state index >= 15 is 0 Å². The van der Waals surface area contributed by atoms with Gasteiger partial charge in [-0.15, -0.1) is 0 Å². The summed E-state index contributed by atoms with van der Waals surface area (Å²) in [4.78, 5) is 38.5. The third-order valence-electron chi connectivity index (χ3n) is 6.59. The van der Waals surface area contributed by atoms with E-state index in [0.717, 1.165) is 10.4 Å². The Morgan fingerprint density at radius 1 is 1.07 bits per heavy atom. The Morgan fingerprint density at radius 3 is 2.29 bits per heavy atom. The van der Waals surface area contributed by atoms with E-state index in [9.17, 15) is 32.5 Å². The lowest BCUT2D eigenvalue weighted by molar-refractivity contribution is -0.385. The van der Waals surface area contributed by atoms with E-state index in [1.807, 2.05) is 6.92 Å². The first-order valence-corrected chi connectivity index (χ1v) is 14.6. The van der Waals surface area contributed by atoms with Crippen LogP contribution in [0.5, 0.6) is 5.75 Å². The van der Waals surface area contributed by atoms with Crippen LogP contribution in [0, 0.1) is 22.9 Å². The van der Waals surface area contributed by atoms with Crippen LogP contribution in [0.1, 0.15) is 31.4 Å². The van der Waals surface area contributed by atoms with Gasteiger partial charge < -0.3 is 15.0 Å². The molecule has 0 bridgehead atoms. The normalized spacial score (nSPS) is 11.8. The Balaban J connectivity index is 2.08. The summed E-state index contributed by atoms with van der Waals surface area (Å²) in [6, 6.07) is 13.8. The average molecular weight is 601 g/mol. The maximum atomic E-state index is 14.0. The van der Waals surface area contributed by atoms with Crippen molar-refractivity contribution in [3.05, 3.63) is 93.8 Å². The van der Waals surface area contributed by atoms with Gasteiger partial charge in [0.1, 0.15) is 24.2 Å². The third-order valence-corrected chi connectivity index (χ3v) is 8.36. The zero-order valence-corrected chi connectivity index (χ0v) is 24.6. The molecule has 1 N–H and O–H groups in total. The van der Waals surface area contributed by atoms with Crippen molar-refractivity contribution in [2.45, 2.75) is 44.7 Å². The van der Waals surface area contributed by atoms with Gasteiger partial charge in [-0.2, -0.15) is 0 Å². The quantitative estimate of drug-likeness (QED) is 0.229. The van der Waals surface area contributed by atoms with Gasteiger partial charge >= 0.3 is 0 Å². The Bertz CT molecular complexity index is 1530. The van der Waals surface area contributed by atoms with Crippen molar-refractivity contribution >= 4 is 33.2 Å². The van der Waals surface area contributed by atoms with Crippen molar-refractivity contribution < 1.29 is 32.1 Å². The molecule has 11 nitrogen and oxygen atoms in total.